The third kappa shape index (κ3) is 3.08. The van der Waals surface area contributed by atoms with Gasteiger partial charge in [-0.3, -0.25) is 0 Å². The van der Waals surface area contributed by atoms with Crippen molar-refractivity contribution < 1.29 is 9.53 Å². The Hall–Kier alpha value is -2.08. The number of thiazole rings is 1. The van der Waals surface area contributed by atoms with Crippen molar-refractivity contribution in [2.24, 2.45) is 0 Å². The van der Waals surface area contributed by atoms with E-state index in [4.69, 9.17) is 4.74 Å². The minimum Gasteiger partial charge on any atom is -0.465 e. The average Bonchev–Trinajstić information content (AvgIpc) is 2.79. The summed E-state index contributed by atoms with van der Waals surface area (Å²) >= 11 is 1.29. The molecular weight excluding hydrogens is 274 g/mol. The third-order valence-electron chi connectivity index (χ3n) is 2.80. The maximum absolute atomic E-state index is 11.5. The van der Waals surface area contributed by atoms with Gasteiger partial charge in [-0.1, -0.05) is 11.3 Å². The van der Waals surface area contributed by atoms with Crippen LogP contribution in [-0.4, -0.2) is 32.2 Å². The number of carbonyl (C=O) groups excluding carboxylic acids is 1. The highest BCUT2D eigenvalue weighted by atomic mass is 32.1. The number of rotatable bonds is 4. The highest BCUT2D eigenvalue weighted by Gasteiger charge is 2.15. The van der Waals surface area contributed by atoms with E-state index in [1.807, 2.05) is 43.3 Å². The normalized spacial score (nSPS) is 10.2. The number of nitrogens with zero attached hydrogens (tertiary/aromatic N) is 2. The van der Waals surface area contributed by atoms with Crippen LogP contribution in [0.15, 0.2) is 24.3 Å². The monoisotopic (exact) mass is 291 g/mol. The summed E-state index contributed by atoms with van der Waals surface area (Å²) < 4.78 is 4.72. The number of anilines is 3. The van der Waals surface area contributed by atoms with Gasteiger partial charge in [0.05, 0.1) is 12.8 Å². The molecule has 0 spiro atoms. The molecule has 0 saturated heterocycles. The zero-order valence-corrected chi connectivity index (χ0v) is 12.7. The van der Waals surface area contributed by atoms with Crippen LogP contribution >= 0.6 is 11.3 Å². The highest BCUT2D eigenvalue weighted by Crippen LogP contribution is 2.27. The summed E-state index contributed by atoms with van der Waals surface area (Å²) in [7, 11) is 5.36. The van der Waals surface area contributed by atoms with Crippen molar-refractivity contribution in [1.29, 1.82) is 0 Å². The van der Waals surface area contributed by atoms with Crippen LogP contribution in [0.1, 0.15) is 15.4 Å². The number of methoxy groups -OCH3 is 1. The molecule has 2 aromatic rings. The number of aryl methyl sites for hydroxylation is 1. The fraction of sp³-hybridized carbons (Fsp3) is 0.286. The summed E-state index contributed by atoms with van der Waals surface area (Å²) in [5, 5.41) is 3.87. The molecule has 0 radical (unpaired) electrons. The number of aromatic nitrogens is 1. The Labute approximate surface area is 122 Å². The second kappa shape index (κ2) is 5.92. The second-order valence-corrected chi connectivity index (χ2v) is 5.49. The topological polar surface area (TPSA) is 54.5 Å². The van der Waals surface area contributed by atoms with Crippen molar-refractivity contribution in [2.75, 3.05) is 31.4 Å². The molecule has 0 aliphatic heterocycles. The molecule has 106 valence electrons. The van der Waals surface area contributed by atoms with Gasteiger partial charge in [-0.15, -0.1) is 0 Å². The molecule has 2 rings (SSSR count). The molecule has 1 heterocycles. The van der Waals surface area contributed by atoms with Gasteiger partial charge in [-0.05, 0) is 31.2 Å². The summed E-state index contributed by atoms with van der Waals surface area (Å²) in [5.41, 5.74) is 2.73. The molecule has 1 aromatic heterocycles. The Balaban J connectivity index is 2.16. The van der Waals surface area contributed by atoms with Crippen LogP contribution in [0.25, 0.3) is 0 Å². The quantitative estimate of drug-likeness (QED) is 0.877. The Kier molecular flexibility index (Phi) is 4.24. The van der Waals surface area contributed by atoms with Crippen LogP contribution in [-0.2, 0) is 4.74 Å². The lowest BCUT2D eigenvalue weighted by Crippen LogP contribution is -2.08. The summed E-state index contributed by atoms with van der Waals surface area (Å²) in [4.78, 5) is 18.4. The predicted octanol–water partition coefficient (Wildman–Crippen LogP) is 3.05. The van der Waals surface area contributed by atoms with Gasteiger partial charge in [0.15, 0.2) is 5.13 Å². The van der Waals surface area contributed by atoms with E-state index in [1.54, 1.807) is 6.92 Å². The van der Waals surface area contributed by atoms with E-state index in [0.29, 0.717) is 15.7 Å². The molecule has 6 heteroatoms. The van der Waals surface area contributed by atoms with E-state index in [-0.39, 0.29) is 5.97 Å². The van der Waals surface area contributed by atoms with Crippen molar-refractivity contribution in [1.82, 2.24) is 4.98 Å². The highest BCUT2D eigenvalue weighted by molar-refractivity contribution is 7.17. The molecule has 0 amide bonds. The van der Waals surface area contributed by atoms with Crippen LogP contribution in [0.3, 0.4) is 0 Å². The molecule has 1 aromatic carbocycles. The molecule has 5 nitrogen and oxygen atoms in total. The maximum atomic E-state index is 11.5. The van der Waals surface area contributed by atoms with E-state index in [0.717, 1.165) is 11.4 Å². The zero-order chi connectivity index (χ0) is 14.7. The molecule has 0 saturated carbocycles. The number of ether oxygens (including phenoxy) is 1. The van der Waals surface area contributed by atoms with Gasteiger partial charge in [-0.2, -0.15) is 0 Å². The van der Waals surface area contributed by atoms with Gasteiger partial charge in [0.1, 0.15) is 4.88 Å². The Bertz CT molecular complexity index is 605. The van der Waals surface area contributed by atoms with Crippen LogP contribution in [0.2, 0.25) is 0 Å². The van der Waals surface area contributed by atoms with Gasteiger partial charge >= 0.3 is 5.97 Å². The van der Waals surface area contributed by atoms with E-state index >= 15 is 0 Å². The number of benzene rings is 1. The predicted molar refractivity (Wildman–Crippen MR) is 82.2 cm³/mol. The largest absolute Gasteiger partial charge is 0.465 e. The molecule has 0 atom stereocenters. The van der Waals surface area contributed by atoms with Crippen LogP contribution in [0.4, 0.5) is 16.5 Å². The number of esters is 1. The van der Waals surface area contributed by atoms with Crippen molar-refractivity contribution >= 4 is 33.8 Å². The van der Waals surface area contributed by atoms with E-state index < -0.39 is 0 Å². The standard InChI is InChI=1S/C14H17N3O2S/c1-9-12(13(18)19-4)20-14(15-9)16-10-5-7-11(8-6-10)17(2)3/h5-8H,1-4H3,(H,15,16). The molecule has 0 fully saturated rings. The first-order valence-corrected chi connectivity index (χ1v) is 6.93. The van der Waals surface area contributed by atoms with Gasteiger partial charge in [0.2, 0.25) is 0 Å². The number of carbonyl (C=O) groups is 1. The Morgan fingerprint density at radius 3 is 2.50 bits per heavy atom. The molecule has 20 heavy (non-hydrogen) atoms. The van der Waals surface area contributed by atoms with Gasteiger partial charge < -0.3 is 15.0 Å². The van der Waals surface area contributed by atoms with Crippen LogP contribution < -0.4 is 10.2 Å². The smallest absolute Gasteiger partial charge is 0.350 e. The summed E-state index contributed by atoms with van der Waals surface area (Å²) in [5.74, 6) is -0.351. The fourth-order valence-corrected chi connectivity index (χ4v) is 2.60. The molecule has 0 unspecified atom stereocenters. The van der Waals surface area contributed by atoms with Crippen molar-refractivity contribution in [2.45, 2.75) is 6.92 Å². The summed E-state index contributed by atoms with van der Waals surface area (Å²) in [6.07, 6.45) is 0. The fourth-order valence-electron chi connectivity index (χ4n) is 1.70. The van der Waals surface area contributed by atoms with Gasteiger partial charge in [0, 0.05) is 25.5 Å². The first kappa shape index (κ1) is 14.3. The molecule has 0 aliphatic rings. The van der Waals surface area contributed by atoms with Crippen LogP contribution in [0, 0.1) is 6.92 Å². The van der Waals surface area contributed by atoms with Crippen molar-refractivity contribution in [3.63, 3.8) is 0 Å². The molecule has 0 aliphatic carbocycles. The second-order valence-electron chi connectivity index (χ2n) is 4.49. The molecular formula is C14H17N3O2S. The van der Waals surface area contributed by atoms with E-state index in [2.05, 4.69) is 10.3 Å². The van der Waals surface area contributed by atoms with E-state index in [1.165, 1.54) is 18.4 Å². The van der Waals surface area contributed by atoms with Crippen molar-refractivity contribution in [3.05, 3.63) is 34.8 Å². The maximum Gasteiger partial charge on any atom is 0.350 e. The number of nitrogens with one attached hydrogen (secondary N) is 1. The van der Waals surface area contributed by atoms with Gasteiger partial charge in [0.25, 0.3) is 0 Å². The minimum absolute atomic E-state index is 0.351. The lowest BCUT2D eigenvalue weighted by Gasteiger charge is -2.12. The average molecular weight is 291 g/mol. The molecule has 0 bridgehead atoms. The van der Waals surface area contributed by atoms with Gasteiger partial charge in [-0.25, -0.2) is 9.78 Å². The lowest BCUT2D eigenvalue weighted by molar-refractivity contribution is 0.0605. The van der Waals surface area contributed by atoms with E-state index in [9.17, 15) is 4.79 Å². The first-order valence-electron chi connectivity index (χ1n) is 6.11. The zero-order valence-electron chi connectivity index (χ0n) is 11.9. The minimum atomic E-state index is -0.351. The van der Waals surface area contributed by atoms with Crippen LogP contribution in [0.5, 0.6) is 0 Å². The summed E-state index contributed by atoms with van der Waals surface area (Å²) in [6, 6.07) is 7.99. The number of hydrogen-bond donors (Lipinski definition) is 1. The molecule has 1 N–H and O–H groups in total. The number of hydrogen-bond acceptors (Lipinski definition) is 6. The Morgan fingerprint density at radius 2 is 1.95 bits per heavy atom. The summed E-state index contributed by atoms with van der Waals surface area (Å²) in [6.45, 7) is 1.79. The lowest BCUT2D eigenvalue weighted by atomic mass is 10.2. The third-order valence-corrected chi connectivity index (χ3v) is 3.86. The SMILES string of the molecule is COC(=O)c1sc(Nc2ccc(N(C)C)cc2)nc1C. The van der Waals surface area contributed by atoms with Crippen molar-refractivity contribution in [3.8, 4) is 0 Å². The Morgan fingerprint density at radius 1 is 1.30 bits per heavy atom. The first-order chi connectivity index (χ1) is 9.51.